The second-order valence-electron chi connectivity index (χ2n) is 9.22. The average Bonchev–Trinajstić information content (AvgIpc) is 3.24. The van der Waals surface area contributed by atoms with Crippen LogP contribution in [0, 0.1) is 0 Å². The van der Waals surface area contributed by atoms with Gasteiger partial charge in [0.2, 0.25) is 15.1 Å². The van der Waals surface area contributed by atoms with Crippen molar-refractivity contribution in [1.82, 2.24) is 0 Å². The summed E-state index contributed by atoms with van der Waals surface area (Å²) in [7, 11) is 6.36. The number of aliphatic hydroxyl groups is 1. The molecule has 1 heterocycles. The van der Waals surface area contributed by atoms with Crippen LogP contribution in [0.15, 0.2) is 53.5 Å². The molecular weight excluding hydrogens is 574 g/mol. The van der Waals surface area contributed by atoms with Gasteiger partial charge in [-0.25, -0.2) is 9.20 Å². The maximum atomic E-state index is 10.6. The Morgan fingerprint density at radius 2 is 1.50 bits per heavy atom. The Labute approximate surface area is 244 Å². The van der Waals surface area contributed by atoms with Gasteiger partial charge in [-0.2, -0.15) is 0 Å². The van der Waals surface area contributed by atoms with E-state index in [1.165, 1.54) is 11.1 Å². The number of aryl methyl sites for hydroxylation is 2. The quantitative estimate of drug-likeness (QED) is 0.362. The number of hydrogen-bond donors (Lipinski definition) is 2. The molecule has 0 saturated heterocycles. The van der Waals surface area contributed by atoms with Crippen molar-refractivity contribution in [2.45, 2.75) is 65.5 Å². The molecule has 0 fully saturated rings. The van der Waals surface area contributed by atoms with Crippen LogP contribution < -0.4 is 5.73 Å². The van der Waals surface area contributed by atoms with Gasteiger partial charge in [-0.05, 0) is 87.5 Å². The predicted octanol–water partition coefficient (Wildman–Crippen LogP) is 6.78. The van der Waals surface area contributed by atoms with Crippen molar-refractivity contribution in [3.8, 4) is 0 Å². The van der Waals surface area contributed by atoms with Crippen molar-refractivity contribution in [2.75, 3.05) is 20.4 Å². The van der Waals surface area contributed by atoms with Crippen LogP contribution in [-0.4, -0.2) is 51.9 Å². The first-order chi connectivity index (χ1) is 18.0. The molecule has 2 aromatic rings. The van der Waals surface area contributed by atoms with Gasteiger partial charge < -0.3 is 15.6 Å². The molecule has 0 aliphatic carbocycles. The van der Waals surface area contributed by atoms with Crippen LogP contribution in [0.25, 0.3) is 0 Å². The summed E-state index contributed by atoms with van der Waals surface area (Å²) in [5.41, 5.74) is 9.01. The highest BCUT2D eigenvalue weighted by Gasteiger charge is 2.26. The van der Waals surface area contributed by atoms with E-state index in [2.05, 4.69) is 78.3 Å². The minimum atomic E-state index is -1.67. The predicted molar refractivity (Wildman–Crippen MR) is 161 cm³/mol. The molecule has 0 spiro atoms. The minimum Gasteiger partial charge on any atom is -0.475 e. The first-order valence-electron chi connectivity index (χ1n) is 12.4. The summed E-state index contributed by atoms with van der Waals surface area (Å²) in [6.45, 7) is 12.7. The van der Waals surface area contributed by atoms with Crippen LogP contribution >= 0.6 is 33.0 Å². The van der Waals surface area contributed by atoms with Crippen molar-refractivity contribution < 1.29 is 24.6 Å². The lowest BCUT2D eigenvalue weighted by Gasteiger charge is -2.12. The Morgan fingerprint density at radius 1 is 1.13 bits per heavy atom. The van der Waals surface area contributed by atoms with Gasteiger partial charge in [0.25, 0.3) is 5.24 Å². The van der Waals surface area contributed by atoms with E-state index in [1.807, 2.05) is 12.1 Å². The van der Waals surface area contributed by atoms with Gasteiger partial charge in [-0.15, -0.1) is 0 Å². The van der Waals surface area contributed by atoms with Gasteiger partial charge in [0.05, 0.1) is 20.7 Å². The van der Waals surface area contributed by atoms with Crippen LogP contribution in [-0.2, 0) is 26.8 Å². The molecular formula is C27H40Cl3FN2O4S. The van der Waals surface area contributed by atoms with Gasteiger partial charge >= 0.3 is 0 Å². The van der Waals surface area contributed by atoms with Crippen molar-refractivity contribution in [1.29, 1.82) is 0 Å². The lowest BCUT2D eigenvalue weighted by atomic mass is 10.1. The number of rotatable bonds is 5. The molecule has 1 aliphatic rings. The molecule has 0 aromatic heterocycles. The standard InChI is InChI=1S/C13H17NO.C9H9ClO.C4H11NO.CH3F.Cl2OS/c1-4-10-5-7-11(8-6-10)12-14-13(2,3)9-15-12;1-2-7-3-5-8(6-4-7)9(10)11;1-4(2,5)3-6;1-2;1-4(2)3/h5-8H,4,9H2,1-3H3;3-6H,2H2,1H3;6H,3,5H2,1-2H3;1H3;/i;;;1D;. The third-order valence-corrected chi connectivity index (χ3v) is 4.79. The van der Waals surface area contributed by atoms with E-state index in [0.29, 0.717) is 12.2 Å². The van der Waals surface area contributed by atoms with E-state index in [0.717, 1.165) is 24.3 Å². The smallest absolute Gasteiger partial charge is 0.252 e. The second kappa shape index (κ2) is 20.4. The number of aliphatic imine (C=N–C) groups is 1. The summed E-state index contributed by atoms with van der Waals surface area (Å²) in [4.78, 5) is 15.2. The number of nitrogens with two attached hydrogens (primary N) is 1. The zero-order valence-electron chi connectivity index (χ0n) is 23.8. The molecule has 0 saturated carbocycles. The summed E-state index contributed by atoms with van der Waals surface area (Å²) in [5.74, 6) is 0.780. The molecule has 11 heteroatoms. The number of benzene rings is 2. The highest BCUT2D eigenvalue weighted by atomic mass is 36.0. The molecule has 6 nitrogen and oxygen atoms in total. The number of carbonyl (C=O) groups excluding carboxylic acids is 1. The van der Waals surface area contributed by atoms with Crippen molar-refractivity contribution in [2.24, 2.45) is 10.7 Å². The number of nitrogens with zero attached hydrogens (tertiary/aromatic N) is 1. The molecule has 3 N–H and O–H groups in total. The van der Waals surface area contributed by atoms with E-state index >= 15 is 0 Å². The van der Waals surface area contributed by atoms with Crippen LogP contribution in [0.2, 0.25) is 0 Å². The SMILES string of the molecule is CC(C)(N)CO.CCc1ccc(C(=O)Cl)cc1.CCc1ccc(C2=NC(C)(C)CO2)cc1.O=S(Cl)Cl.[2H]CF. The van der Waals surface area contributed by atoms with Crippen LogP contribution in [0.3, 0.4) is 0 Å². The fourth-order valence-electron chi connectivity index (χ4n) is 2.49. The molecule has 38 heavy (non-hydrogen) atoms. The van der Waals surface area contributed by atoms with E-state index in [1.54, 1.807) is 26.0 Å². The summed E-state index contributed by atoms with van der Waals surface area (Å²) in [6, 6.07) is 15.7. The zero-order valence-corrected chi connectivity index (χ0v) is 25.9. The minimum absolute atomic E-state index is 0.0486. The lowest BCUT2D eigenvalue weighted by Crippen LogP contribution is -2.35. The van der Waals surface area contributed by atoms with Crippen molar-refractivity contribution in [3.63, 3.8) is 0 Å². The van der Waals surface area contributed by atoms with E-state index < -0.39 is 27.2 Å². The summed E-state index contributed by atoms with van der Waals surface area (Å²) in [5, 5.41) is 7.88. The first-order valence-corrected chi connectivity index (χ1v) is 14.8. The number of ether oxygens (including phenoxy) is 1. The molecule has 1 aliphatic heterocycles. The van der Waals surface area contributed by atoms with E-state index in [4.69, 9.17) is 32.8 Å². The van der Waals surface area contributed by atoms with Gasteiger partial charge in [0, 0.05) is 38.0 Å². The monoisotopic (exact) mass is 613 g/mol. The number of halogens is 4. The Kier molecular flexibility index (Phi) is 19.5. The topological polar surface area (TPSA) is 102 Å². The molecule has 216 valence electrons. The summed E-state index contributed by atoms with van der Waals surface area (Å²) < 4.78 is 30.2. The van der Waals surface area contributed by atoms with E-state index in [-0.39, 0.29) is 12.1 Å². The highest BCUT2D eigenvalue weighted by molar-refractivity contribution is 8.26. The normalized spacial score (nSPS) is 13.4. The fourth-order valence-corrected chi connectivity index (χ4v) is 2.61. The molecule has 3 rings (SSSR count). The summed E-state index contributed by atoms with van der Waals surface area (Å²) in [6.07, 6.45) is 2.05. The number of hydrogen-bond acceptors (Lipinski definition) is 6. The molecule has 0 radical (unpaired) electrons. The highest BCUT2D eigenvalue weighted by Crippen LogP contribution is 2.20. The molecule has 0 bridgehead atoms. The number of carbonyl (C=O) groups is 1. The van der Waals surface area contributed by atoms with Gasteiger partial charge in [-0.1, -0.05) is 38.1 Å². The van der Waals surface area contributed by atoms with Gasteiger partial charge in [0.15, 0.2) is 0 Å². The van der Waals surface area contributed by atoms with Crippen LogP contribution in [0.1, 0.15) is 70.0 Å². The Balaban J connectivity index is 0. The molecule has 0 atom stereocenters. The number of aliphatic hydroxyl groups excluding tert-OH is 1. The van der Waals surface area contributed by atoms with Gasteiger partial charge in [0.1, 0.15) is 6.61 Å². The van der Waals surface area contributed by atoms with E-state index in [9.17, 15) is 9.18 Å². The Hall–Kier alpha value is -1.55. The van der Waals surface area contributed by atoms with Gasteiger partial charge in [-0.3, -0.25) is 9.18 Å². The van der Waals surface area contributed by atoms with Crippen molar-refractivity contribution >= 4 is 53.3 Å². The summed E-state index contributed by atoms with van der Waals surface area (Å²) >= 11 is 5.26. The van der Waals surface area contributed by atoms with Crippen LogP contribution in [0.5, 0.6) is 0 Å². The second-order valence-corrected chi connectivity index (χ2v) is 12.1. The first kappa shape index (κ1) is 36.5. The maximum absolute atomic E-state index is 10.6. The molecule has 0 unspecified atom stereocenters. The zero-order chi connectivity index (χ0) is 30.6. The lowest BCUT2D eigenvalue weighted by molar-refractivity contribution is 0.108. The molecule has 0 amide bonds. The van der Waals surface area contributed by atoms with Crippen molar-refractivity contribution in [3.05, 3.63) is 70.8 Å². The third-order valence-electron chi connectivity index (χ3n) is 4.57. The fraction of sp³-hybridized carbons (Fsp3) is 0.481. The Bertz CT molecular complexity index is 1000. The number of alkyl halides is 1. The largest absolute Gasteiger partial charge is 0.475 e. The van der Waals surface area contributed by atoms with Crippen LogP contribution in [0.4, 0.5) is 4.39 Å². The Morgan fingerprint density at radius 3 is 1.76 bits per heavy atom. The third kappa shape index (κ3) is 19.5. The molecule has 2 aromatic carbocycles. The maximum Gasteiger partial charge on any atom is 0.252 e. The average molecular weight is 615 g/mol.